The number of ketones is 1. The number of fused-ring (bicyclic) bond motifs is 3. The van der Waals surface area contributed by atoms with Crippen LogP contribution >= 0.6 is 0 Å². The predicted octanol–water partition coefficient (Wildman–Crippen LogP) is 3.80. The number of Topliss-reactive ketones (excluding diaryl/α,β-unsaturated/α-hetero) is 1. The van der Waals surface area contributed by atoms with E-state index >= 15 is 0 Å². The van der Waals surface area contributed by atoms with Gasteiger partial charge in [-0.1, -0.05) is 48.5 Å². The molecule has 0 saturated heterocycles. The largest absolute Gasteiger partial charge is 0.337 e. The Morgan fingerprint density at radius 2 is 1.70 bits per heavy atom. The van der Waals surface area contributed by atoms with Gasteiger partial charge in [0.05, 0.1) is 11.1 Å². The van der Waals surface area contributed by atoms with Gasteiger partial charge >= 0.3 is 0 Å². The molecular formula is C18H15NO. The van der Waals surface area contributed by atoms with Crippen molar-refractivity contribution in [1.82, 2.24) is 4.57 Å². The molecule has 0 unspecified atom stereocenters. The molecule has 0 N–H and O–H groups in total. The number of aromatic nitrogens is 1. The number of benzene rings is 2. The maximum absolute atomic E-state index is 12.9. The van der Waals surface area contributed by atoms with E-state index in [9.17, 15) is 4.79 Å². The standard InChI is InChI=1S/C18H15NO/c1-18(14-8-3-2-4-9-14)12-19-15-10-6-5-7-13(15)11-16(19)17(18)20/h2-11H,12H2,1H3/t18-/m1/s1. The zero-order valence-electron chi connectivity index (χ0n) is 11.3. The lowest BCUT2D eigenvalue weighted by molar-refractivity contribution is 0.0915. The number of rotatable bonds is 1. The molecule has 20 heavy (non-hydrogen) atoms. The highest BCUT2D eigenvalue weighted by Crippen LogP contribution is 2.38. The monoisotopic (exact) mass is 261 g/mol. The van der Waals surface area contributed by atoms with Crippen molar-refractivity contribution in [3.05, 3.63) is 71.9 Å². The lowest BCUT2D eigenvalue weighted by Crippen LogP contribution is -2.29. The second-order valence-electron chi connectivity index (χ2n) is 5.70. The molecule has 1 aliphatic heterocycles. The molecular weight excluding hydrogens is 246 g/mol. The summed E-state index contributed by atoms with van der Waals surface area (Å²) >= 11 is 0. The molecule has 0 radical (unpaired) electrons. The van der Waals surface area contributed by atoms with E-state index in [0.29, 0.717) is 0 Å². The van der Waals surface area contributed by atoms with Gasteiger partial charge in [0.1, 0.15) is 0 Å². The Balaban J connectivity index is 1.91. The molecule has 3 aromatic rings. The first-order chi connectivity index (χ1) is 9.70. The van der Waals surface area contributed by atoms with Crippen LogP contribution in [0.25, 0.3) is 10.9 Å². The summed E-state index contributed by atoms with van der Waals surface area (Å²) in [6.07, 6.45) is 0. The van der Waals surface area contributed by atoms with Crippen molar-refractivity contribution in [2.24, 2.45) is 0 Å². The van der Waals surface area contributed by atoms with E-state index in [2.05, 4.69) is 16.7 Å². The van der Waals surface area contributed by atoms with Gasteiger partial charge in [-0.3, -0.25) is 4.79 Å². The molecule has 0 amide bonds. The third kappa shape index (κ3) is 1.36. The van der Waals surface area contributed by atoms with Crippen LogP contribution in [0.2, 0.25) is 0 Å². The first kappa shape index (κ1) is 11.5. The average Bonchev–Trinajstić information content (AvgIpc) is 2.97. The van der Waals surface area contributed by atoms with E-state index in [1.54, 1.807) is 0 Å². The van der Waals surface area contributed by atoms with Crippen molar-refractivity contribution >= 4 is 16.7 Å². The van der Waals surface area contributed by atoms with Crippen LogP contribution in [0.3, 0.4) is 0 Å². The minimum Gasteiger partial charge on any atom is -0.337 e. The second-order valence-corrected chi connectivity index (χ2v) is 5.70. The lowest BCUT2D eigenvalue weighted by Gasteiger charge is -2.22. The van der Waals surface area contributed by atoms with Gasteiger partial charge < -0.3 is 4.57 Å². The summed E-state index contributed by atoms with van der Waals surface area (Å²) in [7, 11) is 0. The van der Waals surface area contributed by atoms with Gasteiger partial charge in [-0.25, -0.2) is 0 Å². The Bertz CT molecular complexity index is 816. The summed E-state index contributed by atoms with van der Waals surface area (Å²) in [4.78, 5) is 12.9. The predicted molar refractivity (Wildman–Crippen MR) is 80.1 cm³/mol. The zero-order valence-corrected chi connectivity index (χ0v) is 11.3. The zero-order chi connectivity index (χ0) is 13.7. The van der Waals surface area contributed by atoms with Crippen LogP contribution in [0.15, 0.2) is 60.7 Å². The molecule has 0 bridgehead atoms. The Kier molecular flexibility index (Phi) is 2.19. The summed E-state index contributed by atoms with van der Waals surface area (Å²) in [6, 6.07) is 20.3. The Hall–Kier alpha value is -2.35. The van der Waals surface area contributed by atoms with Crippen LogP contribution in [-0.2, 0) is 12.0 Å². The van der Waals surface area contributed by atoms with Gasteiger partial charge in [-0.05, 0) is 24.6 Å². The smallest absolute Gasteiger partial charge is 0.191 e. The van der Waals surface area contributed by atoms with Crippen molar-refractivity contribution in [1.29, 1.82) is 0 Å². The van der Waals surface area contributed by atoms with Crippen LogP contribution in [0.4, 0.5) is 0 Å². The van der Waals surface area contributed by atoms with Gasteiger partial charge in [-0.2, -0.15) is 0 Å². The molecule has 0 fully saturated rings. The third-order valence-electron chi connectivity index (χ3n) is 4.43. The lowest BCUT2D eigenvalue weighted by atomic mass is 9.79. The average molecular weight is 261 g/mol. The topological polar surface area (TPSA) is 22.0 Å². The normalized spacial score (nSPS) is 21.4. The number of carbonyl (C=O) groups excluding carboxylic acids is 1. The molecule has 2 heteroatoms. The van der Waals surface area contributed by atoms with Gasteiger partial charge in [0.15, 0.2) is 5.78 Å². The van der Waals surface area contributed by atoms with E-state index in [-0.39, 0.29) is 5.78 Å². The van der Waals surface area contributed by atoms with Gasteiger partial charge in [-0.15, -0.1) is 0 Å². The quantitative estimate of drug-likeness (QED) is 0.653. The van der Waals surface area contributed by atoms with Crippen LogP contribution in [0.1, 0.15) is 23.0 Å². The SMILES string of the molecule is C[C@]1(c2ccccc2)Cn2c(cc3ccccc32)C1=O. The van der Waals surface area contributed by atoms with Gasteiger partial charge in [0.25, 0.3) is 0 Å². The number of carbonyl (C=O) groups is 1. The second kappa shape index (κ2) is 3.83. The molecule has 0 aliphatic carbocycles. The molecule has 4 rings (SSSR count). The van der Waals surface area contributed by atoms with Crippen LogP contribution < -0.4 is 0 Å². The van der Waals surface area contributed by atoms with Crippen molar-refractivity contribution in [3.63, 3.8) is 0 Å². The number of nitrogens with zero attached hydrogens (tertiary/aromatic N) is 1. The molecule has 1 aliphatic rings. The fraction of sp³-hybridized carbons (Fsp3) is 0.167. The van der Waals surface area contributed by atoms with E-state index in [4.69, 9.17) is 0 Å². The summed E-state index contributed by atoms with van der Waals surface area (Å²) < 4.78 is 2.16. The molecule has 2 nitrogen and oxygen atoms in total. The van der Waals surface area contributed by atoms with Crippen molar-refractivity contribution in [3.8, 4) is 0 Å². The molecule has 0 saturated carbocycles. The van der Waals surface area contributed by atoms with E-state index in [1.807, 2.05) is 55.5 Å². The van der Waals surface area contributed by atoms with Crippen molar-refractivity contribution in [2.75, 3.05) is 0 Å². The molecule has 98 valence electrons. The molecule has 1 aromatic heterocycles. The fourth-order valence-corrected chi connectivity index (χ4v) is 3.27. The first-order valence-electron chi connectivity index (χ1n) is 6.89. The van der Waals surface area contributed by atoms with Crippen LogP contribution in [0, 0.1) is 0 Å². The maximum atomic E-state index is 12.9. The van der Waals surface area contributed by atoms with Gasteiger partial charge in [0.2, 0.25) is 0 Å². The Morgan fingerprint density at radius 1 is 1.00 bits per heavy atom. The Labute approximate surface area is 117 Å². The molecule has 0 spiro atoms. The van der Waals surface area contributed by atoms with Crippen LogP contribution in [-0.4, -0.2) is 10.4 Å². The van der Waals surface area contributed by atoms with E-state index in [1.165, 1.54) is 0 Å². The van der Waals surface area contributed by atoms with Gasteiger partial charge in [0, 0.05) is 17.4 Å². The minimum atomic E-state index is -0.444. The highest BCUT2D eigenvalue weighted by atomic mass is 16.1. The molecule has 2 aromatic carbocycles. The highest BCUT2D eigenvalue weighted by Gasteiger charge is 2.43. The van der Waals surface area contributed by atoms with Crippen LogP contribution in [0.5, 0.6) is 0 Å². The third-order valence-corrected chi connectivity index (χ3v) is 4.43. The minimum absolute atomic E-state index is 0.222. The maximum Gasteiger partial charge on any atom is 0.191 e. The van der Waals surface area contributed by atoms with Crippen molar-refractivity contribution < 1.29 is 4.79 Å². The highest BCUT2D eigenvalue weighted by molar-refractivity contribution is 6.08. The summed E-state index contributed by atoms with van der Waals surface area (Å²) in [5.74, 6) is 0.222. The molecule has 2 heterocycles. The first-order valence-corrected chi connectivity index (χ1v) is 6.89. The fourth-order valence-electron chi connectivity index (χ4n) is 3.27. The summed E-state index contributed by atoms with van der Waals surface area (Å²) in [5.41, 5.74) is 2.63. The molecule has 1 atom stereocenters. The summed E-state index contributed by atoms with van der Waals surface area (Å²) in [6.45, 7) is 2.77. The van der Waals surface area contributed by atoms with Crippen molar-refractivity contribution in [2.45, 2.75) is 18.9 Å². The van der Waals surface area contributed by atoms with E-state index < -0.39 is 5.41 Å². The van der Waals surface area contributed by atoms with E-state index in [0.717, 1.165) is 28.7 Å². The number of hydrogen-bond donors (Lipinski definition) is 0. The Morgan fingerprint density at radius 3 is 2.50 bits per heavy atom. The number of para-hydroxylation sites is 1. The number of hydrogen-bond acceptors (Lipinski definition) is 1. The summed E-state index contributed by atoms with van der Waals surface area (Å²) in [5, 5.41) is 1.14.